The highest BCUT2D eigenvalue weighted by atomic mass is 16.2. The van der Waals surface area contributed by atoms with Gasteiger partial charge in [-0.05, 0) is 61.5 Å². The third kappa shape index (κ3) is 3.06. The molecule has 1 N–H and O–H groups in total. The molecule has 1 aliphatic rings. The Morgan fingerprint density at radius 3 is 2.72 bits per heavy atom. The van der Waals surface area contributed by atoms with Crippen molar-refractivity contribution in [2.45, 2.75) is 18.9 Å². The van der Waals surface area contributed by atoms with E-state index in [2.05, 4.69) is 17.3 Å². The highest BCUT2D eigenvalue weighted by Crippen LogP contribution is 2.21. The van der Waals surface area contributed by atoms with Crippen LogP contribution in [0.1, 0.15) is 23.2 Å². The van der Waals surface area contributed by atoms with Crippen molar-refractivity contribution in [3.8, 4) is 0 Å². The molecule has 1 aliphatic heterocycles. The van der Waals surface area contributed by atoms with Crippen LogP contribution in [0.5, 0.6) is 0 Å². The number of nitrogens with zero attached hydrogens (tertiary/aromatic N) is 3. The summed E-state index contributed by atoms with van der Waals surface area (Å²) in [6.07, 6.45) is 3.91. The Balaban J connectivity index is 1.59. The van der Waals surface area contributed by atoms with Gasteiger partial charge in [0, 0.05) is 18.8 Å². The average Bonchev–Trinajstić information content (AvgIpc) is 3.15. The van der Waals surface area contributed by atoms with Crippen LogP contribution in [-0.4, -0.2) is 46.4 Å². The van der Waals surface area contributed by atoms with Gasteiger partial charge in [0.25, 0.3) is 11.5 Å². The summed E-state index contributed by atoms with van der Waals surface area (Å²) in [7, 11) is 2.08. The minimum atomic E-state index is -0.199. The van der Waals surface area contributed by atoms with E-state index < -0.39 is 0 Å². The van der Waals surface area contributed by atoms with Crippen molar-refractivity contribution in [3.63, 3.8) is 0 Å². The van der Waals surface area contributed by atoms with Gasteiger partial charge in [0.05, 0.1) is 16.5 Å². The van der Waals surface area contributed by atoms with Crippen LogP contribution in [0, 0.1) is 0 Å². The standard InChI is InChI=1S/C23H22N4O2/c1-26-10-4-8-17(26)14-24-22(28)18-9-5-11-27-21(18)25-20-13-16-7-3-2-6-15(16)12-19(20)23(27)29/h2-3,5-7,9,11-13,17H,4,8,10,14H2,1H3,(H,24,28). The Labute approximate surface area is 167 Å². The molecule has 1 fully saturated rings. The number of hydrogen-bond donors (Lipinski definition) is 1. The van der Waals surface area contributed by atoms with Gasteiger partial charge in [0.15, 0.2) is 5.65 Å². The first-order chi connectivity index (χ1) is 14.1. The van der Waals surface area contributed by atoms with Crippen molar-refractivity contribution in [1.29, 1.82) is 0 Å². The molecule has 0 bridgehead atoms. The van der Waals surface area contributed by atoms with E-state index in [9.17, 15) is 9.59 Å². The van der Waals surface area contributed by atoms with E-state index in [1.54, 1.807) is 18.3 Å². The summed E-state index contributed by atoms with van der Waals surface area (Å²) in [5.41, 5.74) is 1.24. The molecule has 0 radical (unpaired) electrons. The van der Waals surface area contributed by atoms with Crippen LogP contribution < -0.4 is 10.9 Å². The lowest BCUT2D eigenvalue weighted by Gasteiger charge is -2.19. The summed E-state index contributed by atoms with van der Waals surface area (Å²) < 4.78 is 1.47. The molecule has 1 atom stereocenters. The van der Waals surface area contributed by atoms with E-state index in [0.29, 0.717) is 34.7 Å². The first-order valence-corrected chi connectivity index (χ1v) is 9.94. The summed E-state index contributed by atoms with van der Waals surface area (Å²) in [6.45, 7) is 1.66. The molecular formula is C23H22N4O2. The third-order valence-electron chi connectivity index (χ3n) is 5.92. The molecule has 29 heavy (non-hydrogen) atoms. The predicted molar refractivity (Wildman–Crippen MR) is 114 cm³/mol. The molecule has 3 heterocycles. The van der Waals surface area contributed by atoms with Crippen LogP contribution in [0.3, 0.4) is 0 Å². The number of nitrogens with one attached hydrogen (secondary N) is 1. The van der Waals surface area contributed by atoms with Gasteiger partial charge in [-0.3, -0.25) is 14.0 Å². The smallest absolute Gasteiger partial charge is 0.265 e. The normalized spacial score (nSPS) is 17.3. The SMILES string of the molecule is CN1CCCC1CNC(=O)c1cccn2c(=O)c3cc4ccccc4cc3nc12. The number of rotatable bonds is 3. The summed E-state index contributed by atoms with van der Waals surface area (Å²) in [6, 6.07) is 15.5. The van der Waals surface area contributed by atoms with Gasteiger partial charge in [0.1, 0.15) is 0 Å². The van der Waals surface area contributed by atoms with Crippen LogP contribution in [0.25, 0.3) is 27.3 Å². The topological polar surface area (TPSA) is 66.7 Å². The Morgan fingerprint density at radius 1 is 1.17 bits per heavy atom. The van der Waals surface area contributed by atoms with Gasteiger partial charge >= 0.3 is 0 Å². The molecule has 6 nitrogen and oxygen atoms in total. The Morgan fingerprint density at radius 2 is 1.97 bits per heavy atom. The Kier molecular flexibility index (Phi) is 4.28. The number of amides is 1. The van der Waals surface area contributed by atoms with Crippen molar-refractivity contribution in [1.82, 2.24) is 19.6 Å². The Hall–Kier alpha value is -3.25. The average molecular weight is 386 g/mol. The minimum absolute atomic E-state index is 0.166. The van der Waals surface area contributed by atoms with Crippen molar-refractivity contribution in [3.05, 3.63) is 70.6 Å². The molecule has 0 saturated carbocycles. The highest BCUT2D eigenvalue weighted by molar-refractivity contribution is 6.02. The first kappa shape index (κ1) is 17.8. The summed E-state index contributed by atoms with van der Waals surface area (Å²) >= 11 is 0. The van der Waals surface area contributed by atoms with Gasteiger partial charge in [-0.1, -0.05) is 24.3 Å². The van der Waals surface area contributed by atoms with Crippen molar-refractivity contribution in [2.24, 2.45) is 0 Å². The lowest BCUT2D eigenvalue weighted by molar-refractivity contribution is 0.0944. The van der Waals surface area contributed by atoms with Gasteiger partial charge in [-0.25, -0.2) is 4.98 Å². The third-order valence-corrected chi connectivity index (χ3v) is 5.92. The Bertz CT molecular complexity index is 1310. The summed E-state index contributed by atoms with van der Waals surface area (Å²) in [5.74, 6) is -0.199. The van der Waals surface area contributed by atoms with E-state index >= 15 is 0 Å². The van der Waals surface area contributed by atoms with E-state index in [4.69, 9.17) is 4.98 Å². The maximum Gasteiger partial charge on any atom is 0.265 e. The van der Waals surface area contributed by atoms with E-state index in [1.807, 2.05) is 36.4 Å². The maximum atomic E-state index is 13.1. The van der Waals surface area contributed by atoms with Crippen molar-refractivity contribution < 1.29 is 4.79 Å². The number of benzene rings is 2. The number of fused-ring (bicyclic) bond motifs is 3. The second kappa shape index (κ2) is 6.97. The molecule has 0 aliphatic carbocycles. The number of pyridine rings is 1. The van der Waals surface area contributed by atoms with Gasteiger partial charge in [0.2, 0.25) is 0 Å². The van der Waals surface area contributed by atoms with Gasteiger partial charge < -0.3 is 10.2 Å². The van der Waals surface area contributed by atoms with E-state index in [-0.39, 0.29) is 11.5 Å². The second-order valence-electron chi connectivity index (χ2n) is 7.74. The molecule has 146 valence electrons. The number of likely N-dealkylation sites (N-methyl/N-ethyl adjacent to an activating group) is 1. The van der Waals surface area contributed by atoms with Crippen LogP contribution in [0.4, 0.5) is 0 Å². The largest absolute Gasteiger partial charge is 0.350 e. The number of aromatic nitrogens is 2. The number of carbonyl (C=O) groups is 1. The van der Waals surface area contributed by atoms with Crippen LogP contribution >= 0.6 is 0 Å². The molecule has 2 aromatic heterocycles. The molecule has 5 rings (SSSR count). The van der Waals surface area contributed by atoms with E-state index in [0.717, 1.165) is 30.2 Å². The fourth-order valence-corrected chi connectivity index (χ4v) is 4.23. The molecular weight excluding hydrogens is 364 g/mol. The van der Waals surface area contributed by atoms with Crippen LogP contribution in [0.15, 0.2) is 59.5 Å². The zero-order valence-corrected chi connectivity index (χ0v) is 16.3. The van der Waals surface area contributed by atoms with Crippen LogP contribution in [0.2, 0.25) is 0 Å². The molecule has 4 aromatic rings. The van der Waals surface area contributed by atoms with Gasteiger partial charge in [-0.2, -0.15) is 0 Å². The lowest BCUT2D eigenvalue weighted by Crippen LogP contribution is -2.38. The van der Waals surface area contributed by atoms with E-state index in [1.165, 1.54) is 4.40 Å². The predicted octanol–water partition coefficient (Wildman–Crippen LogP) is 2.82. The summed E-state index contributed by atoms with van der Waals surface area (Å²) in [5, 5.41) is 5.58. The number of likely N-dealkylation sites (tertiary alicyclic amines) is 1. The zero-order chi connectivity index (χ0) is 20.0. The fraction of sp³-hybridized carbons (Fsp3) is 0.261. The molecule has 1 unspecified atom stereocenters. The fourth-order valence-electron chi connectivity index (χ4n) is 4.23. The molecule has 2 aromatic carbocycles. The highest BCUT2D eigenvalue weighted by Gasteiger charge is 2.22. The molecule has 1 saturated heterocycles. The minimum Gasteiger partial charge on any atom is -0.350 e. The van der Waals surface area contributed by atoms with Crippen molar-refractivity contribution in [2.75, 3.05) is 20.1 Å². The number of carbonyl (C=O) groups excluding carboxylic acids is 1. The second-order valence-corrected chi connectivity index (χ2v) is 7.74. The quantitative estimate of drug-likeness (QED) is 0.550. The van der Waals surface area contributed by atoms with Crippen molar-refractivity contribution >= 4 is 33.2 Å². The zero-order valence-electron chi connectivity index (χ0n) is 16.3. The van der Waals surface area contributed by atoms with Gasteiger partial charge in [-0.15, -0.1) is 0 Å². The van der Waals surface area contributed by atoms with Crippen LogP contribution in [-0.2, 0) is 0 Å². The number of hydrogen-bond acceptors (Lipinski definition) is 4. The molecule has 0 spiro atoms. The molecule has 6 heteroatoms. The maximum absolute atomic E-state index is 13.1. The monoisotopic (exact) mass is 386 g/mol. The lowest BCUT2D eigenvalue weighted by atomic mass is 10.1. The molecule has 1 amide bonds. The summed E-state index contributed by atoms with van der Waals surface area (Å²) in [4.78, 5) is 33.0. The first-order valence-electron chi connectivity index (χ1n) is 9.94.